The second kappa shape index (κ2) is 7.83. The van der Waals surface area contributed by atoms with E-state index < -0.39 is 0 Å². The maximum Gasteiger partial charge on any atom is 0.226 e. The maximum absolute atomic E-state index is 5.80. The summed E-state index contributed by atoms with van der Waals surface area (Å²) in [6, 6.07) is 12.2. The Hall–Kier alpha value is -2.14. The third-order valence-corrected chi connectivity index (χ3v) is 5.55. The molecule has 0 radical (unpaired) electrons. The predicted octanol–water partition coefficient (Wildman–Crippen LogP) is 4.06. The Morgan fingerprint density at radius 2 is 1.92 bits per heavy atom. The molecule has 0 saturated heterocycles. The van der Waals surface area contributed by atoms with E-state index >= 15 is 0 Å². The Labute approximate surface area is 149 Å². The molecule has 1 heterocycles. The largest absolute Gasteiger partial charge is 0.473 e. The van der Waals surface area contributed by atoms with Gasteiger partial charge in [-0.1, -0.05) is 44.2 Å². The van der Waals surface area contributed by atoms with Crippen molar-refractivity contribution in [2.75, 3.05) is 12.4 Å². The third-order valence-electron chi connectivity index (χ3n) is 5.55. The molecule has 1 fully saturated rings. The fraction of sp³-hybridized carbons (Fsp3) is 0.500. The Bertz CT molecular complexity index is 674. The van der Waals surface area contributed by atoms with Crippen molar-refractivity contribution in [1.29, 1.82) is 0 Å². The van der Waals surface area contributed by atoms with Crippen molar-refractivity contribution in [2.24, 2.45) is 5.41 Å². The molecule has 0 spiro atoms. The molecule has 1 N–H and O–H groups in total. The van der Waals surface area contributed by atoms with Gasteiger partial charge < -0.3 is 14.8 Å². The van der Waals surface area contributed by atoms with Gasteiger partial charge in [0, 0.05) is 30.8 Å². The Kier molecular flexibility index (Phi) is 5.53. The standard InChI is InChI=1S/C20H27N3O2/c1-4-20(5-2)16(13-17(20)24-3)22-19-21-12-11-18(23-19)25-14-15-9-7-6-8-10-15/h6-12,16-17H,4-5,13-14H2,1-3H3,(H,21,22,23). The van der Waals surface area contributed by atoms with Crippen LogP contribution in [0.3, 0.4) is 0 Å². The van der Waals surface area contributed by atoms with Crippen molar-refractivity contribution in [2.45, 2.75) is 51.9 Å². The lowest BCUT2D eigenvalue weighted by molar-refractivity contribution is -0.106. The molecule has 134 valence electrons. The summed E-state index contributed by atoms with van der Waals surface area (Å²) in [5.74, 6) is 1.21. The molecule has 5 nitrogen and oxygen atoms in total. The SMILES string of the molecule is CCC1(CC)C(Nc2nccc(OCc3ccccc3)n2)CC1OC. The van der Waals surface area contributed by atoms with Crippen molar-refractivity contribution in [3.8, 4) is 5.88 Å². The molecule has 1 saturated carbocycles. The second-order valence-electron chi connectivity index (χ2n) is 6.59. The summed E-state index contributed by atoms with van der Waals surface area (Å²) in [4.78, 5) is 8.87. The number of hydrogen-bond acceptors (Lipinski definition) is 5. The van der Waals surface area contributed by atoms with E-state index in [2.05, 4.69) is 29.1 Å². The van der Waals surface area contributed by atoms with Gasteiger partial charge in [0.2, 0.25) is 11.8 Å². The fourth-order valence-electron chi connectivity index (χ4n) is 3.86. The van der Waals surface area contributed by atoms with Gasteiger partial charge in [0.05, 0.1) is 6.10 Å². The first kappa shape index (κ1) is 17.7. The van der Waals surface area contributed by atoms with Gasteiger partial charge in [-0.2, -0.15) is 4.98 Å². The summed E-state index contributed by atoms with van der Waals surface area (Å²) in [5.41, 5.74) is 1.27. The zero-order chi connectivity index (χ0) is 17.7. The van der Waals surface area contributed by atoms with Crippen LogP contribution in [0.4, 0.5) is 5.95 Å². The van der Waals surface area contributed by atoms with Crippen LogP contribution < -0.4 is 10.1 Å². The van der Waals surface area contributed by atoms with Crippen molar-refractivity contribution < 1.29 is 9.47 Å². The van der Waals surface area contributed by atoms with Crippen molar-refractivity contribution in [3.63, 3.8) is 0 Å². The minimum Gasteiger partial charge on any atom is -0.473 e. The maximum atomic E-state index is 5.80. The first-order valence-corrected chi connectivity index (χ1v) is 9.01. The minimum atomic E-state index is 0.152. The van der Waals surface area contributed by atoms with Crippen LogP contribution in [0.25, 0.3) is 0 Å². The van der Waals surface area contributed by atoms with Crippen LogP contribution in [-0.2, 0) is 11.3 Å². The van der Waals surface area contributed by atoms with E-state index in [1.54, 1.807) is 19.4 Å². The lowest BCUT2D eigenvalue weighted by Crippen LogP contribution is -2.60. The minimum absolute atomic E-state index is 0.152. The van der Waals surface area contributed by atoms with Gasteiger partial charge in [0.15, 0.2) is 0 Å². The molecule has 2 aromatic rings. The Morgan fingerprint density at radius 3 is 2.60 bits per heavy atom. The molecule has 1 aliphatic carbocycles. The second-order valence-corrected chi connectivity index (χ2v) is 6.59. The Morgan fingerprint density at radius 1 is 1.16 bits per heavy atom. The molecule has 25 heavy (non-hydrogen) atoms. The number of ether oxygens (including phenoxy) is 2. The molecule has 0 bridgehead atoms. The van der Waals surface area contributed by atoms with Crippen LogP contribution in [0.5, 0.6) is 5.88 Å². The summed E-state index contributed by atoms with van der Waals surface area (Å²) in [5, 5.41) is 3.49. The topological polar surface area (TPSA) is 56.3 Å². The van der Waals surface area contributed by atoms with Crippen LogP contribution in [0.15, 0.2) is 42.6 Å². The van der Waals surface area contributed by atoms with Gasteiger partial charge in [0.1, 0.15) is 6.61 Å². The highest BCUT2D eigenvalue weighted by atomic mass is 16.5. The van der Waals surface area contributed by atoms with Crippen molar-refractivity contribution >= 4 is 5.95 Å². The predicted molar refractivity (Wildman–Crippen MR) is 98.6 cm³/mol. The van der Waals surface area contributed by atoms with E-state index in [1.165, 1.54) is 0 Å². The van der Waals surface area contributed by atoms with Crippen molar-refractivity contribution in [1.82, 2.24) is 9.97 Å². The molecule has 3 rings (SSSR count). The lowest BCUT2D eigenvalue weighted by atomic mass is 9.58. The summed E-state index contributed by atoms with van der Waals surface area (Å²) in [6.07, 6.45) is 5.17. The fourth-order valence-corrected chi connectivity index (χ4v) is 3.86. The highest BCUT2D eigenvalue weighted by molar-refractivity contribution is 5.32. The van der Waals surface area contributed by atoms with Crippen LogP contribution in [-0.4, -0.2) is 29.2 Å². The first-order chi connectivity index (χ1) is 12.2. The van der Waals surface area contributed by atoms with E-state index in [4.69, 9.17) is 9.47 Å². The van der Waals surface area contributed by atoms with Gasteiger partial charge in [-0.15, -0.1) is 0 Å². The first-order valence-electron chi connectivity index (χ1n) is 9.01. The molecule has 2 atom stereocenters. The summed E-state index contributed by atoms with van der Waals surface area (Å²) < 4.78 is 11.5. The average molecular weight is 341 g/mol. The number of nitrogens with one attached hydrogen (secondary N) is 1. The van der Waals surface area contributed by atoms with E-state index in [0.717, 1.165) is 24.8 Å². The molecule has 1 aromatic heterocycles. The number of benzene rings is 1. The quantitative estimate of drug-likeness (QED) is 0.784. The normalized spacial score (nSPS) is 21.4. The summed E-state index contributed by atoms with van der Waals surface area (Å²) in [6.45, 7) is 4.95. The van der Waals surface area contributed by atoms with Crippen LogP contribution >= 0.6 is 0 Å². The lowest BCUT2D eigenvalue weighted by Gasteiger charge is -2.55. The van der Waals surface area contributed by atoms with Crippen LogP contribution in [0.1, 0.15) is 38.7 Å². The van der Waals surface area contributed by atoms with Gasteiger partial charge in [-0.05, 0) is 24.8 Å². The zero-order valence-corrected chi connectivity index (χ0v) is 15.2. The highest BCUT2D eigenvalue weighted by Gasteiger charge is 2.53. The number of anilines is 1. The van der Waals surface area contributed by atoms with Crippen molar-refractivity contribution in [3.05, 3.63) is 48.2 Å². The smallest absolute Gasteiger partial charge is 0.226 e. The van der Waals surface area contributed by atoms with Gasteiger partial charge >= 0.3 is 0 Å². The molecule has 0 aliphatic heterocycles. The number of hydrogen-bond donors (Lipinski definition) is 1. The number of methoxy groups -OCH3 is 1. The van der Waals surface area contributed by atoms with E-state index in [1.807, 2.05) is 30.3 Å². The molecule has 5 heteroatoms. The monoisotopic (exact) mass is 341 g/mol. The highest BCUT2D eigenvalue weighted by Crippen LogP contribution is 2.49. The number of aromatic nitrogens is 2. The van der Waals surface area contributed by atoms with Crippen LogP contribution in [0.2, 0.25) is 0 Å². The molecular formula is C20H27N3O2. The van der Waals surface area contributed by atoms with Gasteiger partial charge in [0.25, 0.3) is 0 Å². The van der Waals surface area contributed by atoms with E-state index in [-0.39, 0.29) is 5.41 Å². The number of rotatable bonds is 8. The van der Waals surface area contributed by atoms with E-state index in [9.17, 15) is 0 Å². The number of nitrogens with zero attached hydrogens (tertiary/aromatic N) is 2. The molecular weight excluding hydrogens is 314 g/mol. The summed E-state index contributed by atoms with van der Waals surface area (Å²) in [7, 11) is 1.80. The molecule has 2 unspecified atom stereocenters. The van der Waals surface area contributed by atoms with Gasteiger partial charge in [-0.25, -0.2) is 4.98 Å². The van der Waals surface area contributed by atoms with Crippen LogP contribution in [0, 0.1) is 5.41 Å². The third kappa shape index (κ3) is 3.61. The summed E-state index contributed by atoms with van der Waals surface area (Å²) >= 11 is 0. The average Bonchev–Trinajstić information content (AvgIpc) is 2.65. The molecule has 1 aromatic carbocycles. The molecule has 0 amide bonds. The van der Waals surface area contributed by atoms with Gasteiger partial charge in [-0.3, -0.25) is 0 Å². The zero-order valence-electron chi connectivity index (χ0n) is 15.2. The Balaban J connectivity index is 1.64. The molecule has 1 aliphatic rings. The van der Waals surface area contributed by atoms with E-state index in [0.29, 0.717) is 30.6 Å².